The number of hydrogen-bond acceptors (Lipinski definition) is 2. The average Bonchev–Trinajstić information content (AvgIpc) is 2.38. The lowest BCUT2D eigenvalue weighted by Gasteiger charge is -2.25. The molecule has 68 valence electrons. The zero-order valence-corrected chi connectivity index (χ0v) is 7.97. The Balaban J connectivity index is 2.11. The van der Waals surface area contributed by atoms with Crippen LogP contribution in [0.3, 0.4) is 0 Å². The second kappa shape index (κ2) is 2.57. The summed E-state index contributed by atoms with van der Waals surface area (Å²) in [4.78, 5) is 2.50. The van der Waals surface area contributed by atoms with Crippen LogP contribution >= 0.6 is 0 Å². The van der Waals surface area contributed by atoms with Crippen molar-refractivity contribution >= 4 is 0 Å². The summed E-state index contributed by atoms with van der Waals surface area (Å²) >= 11 is 0. The van der Waals surface area contributed by atoms with Crippen molar-refractivity contribution in [1.82, 2.24) is 4.90 Å². The van der Waals surface area contributed by atoms with E-state index in [0.717, 1.165) is 19.5 Å². The molecule has 1 unspecified atom stereocenters. The van der Waals surface area contributed by atoms with E-state index in [9.17, 15) is 0 Å². The lowest BCUT2D eigenvalue weighted by molar-refractivity contribution is 0.109. The van der Waals surface area contributed by atoms with E-state index in [4.69, 9.17) is 4.74 Å². The average molecular weight is 167 g/mol. The number of ether oxygens (including phenoxy) is 1. The van der Waals surface area contributed by atoms with Crippen LogP contribution in [-0.4, -0.2) is 36.7 Å². The first-order valence-corrected chi connectivity index (χ1v) is 4.58. The van der Waals surface area contributed by atoms with E-state index in [-0.39, 0.29) is 0 Å². The molecule has 2 rings (SSSR count). The van der Waals surface area contributed by atoms with Crippen LogP contribution in [0.25, 0.3) is 0 Å². The number of rotatable bonds is 1. The molecule has 0 bridgehead atoms. The fourth-order valence-electron chi connectivity index (χ4n) is 2.61. The van der Waals surface area contributed by atoms with Gasteiger partial charge in [0.15, 0.2) is 0 Å². The molecular weight excluding hydrogens is 150 g/mol. The molecule has 0 aliphatic carbocycles. The van der Waals surface area contributed by atoms with Gasteiger partial charge in [0.1, 0.15) is 0 Å². The van der Waals surface area contributed by atoms with Crippen molar-refractivity contribution in [2.75, 3.05) is 20.2 Å². The van der Waals surface area contributed by atoms with Gasteiger partial charge in [0.2, 0.25) is 0 Å². The Labute approximate surface area is 74.2 Å². The third kappa shape index (κ3) is 1.10. The highest BCUT2D eigenvalue weighted by Crippen LogP contribution is 2.40. The van der Waals surface area contributed by atoms with Crippen molar-refractivity contribution in [3.05, 3.63) is 12.2 Å². The van der Waals surface area contributed by atoms with Gasteiger partial charge < -0.3 is 4.74 Å². The zero-order chi connectivity index (χ0) is 8.77. The molecule has 2 atom stereocenters. The molecule has 2 nitrogen and oxygen atoms in total. The third-order valence-electron chi connectivity index (χ3n) is 3.23. The van der Waals surface area contributed by atoms with Gasteiger partial charge in [0.25, 0.3) is 0 Å². The first-order valence-electron chi connectivity index (χ1n) is 4.58. The first-order chi connectivity index (χ1) is 5.64. The fraction of sp³-hybridized carbons (Fsp3) is 0.800. The van der Waals surface area contributed by atoms with Crippen LogP contribution in [0.15, 0.2) is 12.2 Å². The molecule has 2 fully saturated rings. The topological polar surface area (TPSA) is 12.5 Å². The fourth-order valence-corrected chi connectivity index (χ4v) is 2.61. The minimum absolute atomic E-state index is 0.359. The Kier molecular flexibility index (Phi) is 1.77. The van der Waals surface area contributed by atoms with E-state index in [0.29, 0.717) is 11.6 Å². The van der Waals surface area contributed by atoms with E-state index in [1.165, 1.54) is 12.0 Å². The zero-order valence-electron chi connectivity index (χ0n) is 7.97. The molecule has 12 heavy (non-hydrogen) atoms. The summed E-state index contributed by atoms with van der Waals surface area (Å²) in [5.41, 5.74) is 1.74. The van der Waals surface area contributed by atoms with Crippen LogP contribution < -0.4 is 0 Å². The lowest BCUT2D eigenvalue weighted by atomic mass is 9.95. The standard InChI is InChI=1S/C10H17NO/c1-8-4-10(2)5-9(12-3)7-11(10)6-8/h9H,1,4-7H2,2-3H3/t9?,10-/m1/s1. The number of nitrogens with zero attached hydrogens (tertiary/aromatic N) is 1. The molecule has 0 N–H and O–H groups in total. The SMILES string of the molecule is C=C1CN2CC(OC)C[C@@]2(C)C1. The molecule has 0 radical (unpaired) electrons. The minimum Gasteiger partial charge on any atom is -0.380 e. The third-order valence-corrected chi connectivity index (χ3v) is 3.23. The lowest BCUT2D eigenvalue weighted by Crippen LogP contribution is -2.34. The molecule has 2 aliphatic rings. The largest absolute Gasteiger partial charge is 0.380 e. The maximum atomic E-state index is 5.38. The van der Waals surface area contributed by atoms with Crippen LogP contribution in [0, 0.1) is 0 Å². The van der Waals surface area contributed by atoms with Gasteiger partial charge in [-0.2, -0.15) is 0 Å². The van der Waals surface area contributed by atoms with Gasteiger partial charge in [-0.3, -0.25) is 4.90 Å². The summed E-state index contributed by atoms with van der Waals surface area (Å²) in [7, 11) is 1.81. The van der Waals surface area contributed by atoms with Gasteiger partial charge >= 0.3 is 0 Å². The van der Waals surface area contributed by atoms with Crippen LogP contribution in [0.1, 0.15) is 19.8 Å². The Hall–Kier alpha value is -0.340. The molecule has 2 saturated heterocycles. The predicted molar refractivity (Wildman–Crippen MR) is 49.1 cm³/mol. The van der Waals surface area contributed by atoms with Crippen molar-refractivity contribution in [3.63, 3.8) is 0 Å². The summed E-state index contributed by atoms with van der Waals surface area (Å²) in [5.74, 6) is 0. The second-order valence-corrected chi connectivity index (χ2v) is 4.37. The van der Waals surface area contributed by atoms with Gasteiger partial charge in [0.05, 0.1) is 6.10 Å². The summed E-state index contributed by atoms with van der Waals surface area (Å²) in [6.45, 7) is 8.54. The summed E-state index contributed by atoms with van der Waals surface area (Å²) < 4.78 is 5.38. The highest BCUT2D eigenvalue weighted by atomic mass is 16.5. The molecule has 0 saturated carbocycles. The van der Waals surface area contributed by atoms with Gasteiger partial charge in [-0.25, -0.2) is 0 Å². The first kappa shape index (κ1) is 8.27. The molecule has 0 aromatic carbocycles. The molecule has 0 spiro atoms. The normalized spacial score (nSPS) is 42.2. The molecule has 0 aromatic rings. The van der Waals surface area contributed by atoms with Crippen molar-refractivity contribution in [2.24, 2.45) is 0 Å². The number of fused-ring (bicyclic) bond motifs is 1. The van der Waals surface area contributed by atoms with Gasteiger partial charge in [-0.15, -0.1) is 0 Å². The smallest absolute Gasteiger partial charge is 0.0716 e. The van der Waals surface area contributed by atoms with Gasteiger partial charge in [-0.05, 0) is 19.8 Å². The van der Waals surface area contributed by atoms with Crippen molar-refractivity contribution < 1.29 is 4.74 Å². The Morgan fingerprint density at radius 2 is 2.42 bits per heavy atom. The maximum absolute atomic E-state index is 5.38. The molecule has 0 amide bonds. The van der Waals surface area contributed by atoms with E-state index in [1.54, 1.807) is 0 Å². The van der Waals surface area contributed by atoms with Crippen molar-refractivity contribution in [1.29, 1.82) is 0 Å². The molecule has 2 heterocycles. The Morgan fingerprint density at radius 3 is 3.00 bits per heavy atom. The Morgan fingerprint density at radius 1 is 1.67 bits per heavy atom. The monoisotopic (exact) mass is 167 g/mol. The molecule has 2 aliphatic heterocycles. The maximum Gasteiger partial charge on any atom is 0.0716 e. The van der Waals surface area contributed by atoms with E-state index < -0.39 is 0 Å². The van der Waals surface area contributed by atoms with Crippen molar-refractivity contribution in [3.8, 4) is 0 Å². The molecule has 2 heteroatoms. The van der Waals surface area contributed by atoms with Crippen LogP contribution in [0.4, 0.5) is 0 Å². The summed E-state index contributed by atoms with van der Waals surface area (Å²) in [6, 6.07) is 0. The highest BCUT2D eigenvalue weighted by molar-refractivity contribution is 5.17. The quantitative estimate of drug-likeness (QED) is 0.548. The minimum atomic E-state index is 0.359. The second-order valence-electron chi connectivity index (χ2n) is 4.37. The summed E-state index contributed by atoms with van der Waals surface area (Å²) in [5, 5.41) is 0. The van der Waals surface area contributed by atoms with Crippen molar-refractivity contribution in [2.45, 2.75) is 31.4 Å². The number of hydrogen-bond donors (Lipinski definition) is 0. The number of methoxy groups -OCH3 is 1. The van der Waals surface area contributed by atoms with E-state index >= 15 is 0 Å². The van der Waals surface area contributed by atoms with E-state index in [1.807, 2.05) is 7.11 Å². The highest BCUT2D eigenvalue weighted by Gasteiger charge is 2.46. The van der Waals surface area contributed by atoms with Gasteiger partial charge in [0, 0.05) is 25.7 Å². The summed E-state index contributed by atoms with van der Waals surface area (Å²) in [6.07, 6.45) is 2.78. The molecular formula is C10H17NO. The van der Waals surface area contributed by atoms with Crippen LogP contribution in [0.5, 0.6) is 0 Å². The van der Waals surface area contributed by atoms with Crippen LogP contribution in [0.2, 0.25) is 0 Å². The predicted octanol–water partition coefficient (Wildman–Crippen LogP) is 1.43. The van der Waals surface area contributed by atoms with Crippen LogP contribution in [-0.2, 0) is 4.74 Å². The molecule has 0 aromatic heterocycles. The van der Waals surface area contributed by atoms with E-state index in [2.05, 4.69) is 18.4 Å². The Bertz CT molecular complexity index is 214. The van der Waals surface area contributed by atoms with Gasteiger partial charge in [-0.1, -0.05) is 12.2 Å².